The first-order valence-electron chi connectivity index (χ1n) is 10.1. The molecule has 2 heterocycles. The number of carbonyl (C=O) groups is 1. The molecule has 1 amide bonds. The van der Waals surface area contributed by atoms with Crippen LogP contribution in [0.1, 0.15) is 35.7 Å². The molecule has 1 aliphatic rings. The number of carbonyl (C=O) groups excluding carboxylic acids is 1. The molecule has 4 rings (SSSR count). The molecular weight excluding hydrogens is 425 g/mol. The average Bonchev–Trinajstić information content (AvgIpc) is 2.78. The smallest absolute Gasteiger partial charge is 0.337 e. The summed E-state index contributed by atoms with van der Waals surface area (Å²) >= 11 is 0. The number of likely N-dealkylation sites (N-methyl/N-ethyl adjacent to an activating group) is 1. The standard InChI is InChI=1S/C22H21F3N4O3/c1-27(16-9-5-7-13-6-3-4-8-14(13)16)18(30)12-29-20(31)15-10-11-17(22(23,24)25)26-19(15)28(2)21(29)32/h3-4,6,8,10-11,16H,5,7,9,12H2,1-2H3. The van der Waals surface area contributed by atoms with E-state index >= 15 is 0 Å². The Morgan fingerprint density at radius 2 is 1.91 bits per heavy atom. The van der Waals surface area contributed by atoms with Gasteiger partial charge in [-0.2, -0.15) is 13.2 Å². The highest BCUT2D eigenvalue weighted by Crippen LogP contribution is 2.33. The maximum absolute atomic E-state index is 13.0. The third kappa shape index (κ3) is 3.69. The van der Waals surface area contributed by atoms with E-state index in [1.807, 2.05) is 24.3 Å². The molecule has 1 aliphatic carbocycles. The van der Waals surface area contributed by atoms with E-state index in [1.165, 1.54) is 11.9 Å². The van der Waals surface area contributed by atoms with Gasteiger partial charge in [-0.05, 0) is 42.5 Å². The minimum atomic E-state index is -4.71. The lowest BCUT2D eigenvalue weighted by Crippen LogP contribution is -2.44. The molecule has 32 heavy (non-hydrogen) atoms. The first kappa shape index (κ1) is 21.8. The second kappa shape index (κ2) is 7.92. The summed E-state index contributed by atoms with van der Waals surface area (Å²) in [5, 5.41) is -0.168. The Hall–Kier alpha value is -3.43. The molecule has 0 aliphatic heterocycles. The van der Waals surface area contributed by atoms with Crippen LogP contribution in [-0.4, -0.2) is 32.0 Å². The van der Waals surface area contributed by atoms with Crippen molar-refractivity contribution in [3.8, 4) is 0 Å². The van der Waals surface area contributed by atoms with E-state index in [0.29, 0.717) is 6.07 Å². The van der Waals surface area contributed by atoms with Gasteiger partial charge in [0, 0.05) is 14.1 Å². The Balaban J connectivity index is 1.70. The Bertz CT molecular complexity index is 1330. The van der Waals surface area contributed by atoms with Gasteiger partial charge >= 0.3 is 11.9 Å². The highest BCUT2D eigenvalue weighted by atomic mass is 19.4. The number of alkyl halides is 3. The van der Waals surface area contributed by atoms with Crippen LogP contribution in [0, 0.1) is 0 Å². The van der Waals surface area contributed by atoms with Crippen molar-refractivity contribution in [2.75, 3.05) is 7.05 Å². The van der Waals surface area contributed by atoms with Gasteiger partial charge < -0.3 is 4.90 Å². The van der Waals surface area contributed by atoms with Crippen molar-refractivity contribution in [1.29, 1.82) is 0 Å². The average molecular weight is 446 g/mol. The summed E-state index contributed by atoms with van der Waals surface area (Å²) in [6.07, 6.45) is -2.13. The molecule has 0 radical (unpaired) electrons. The minimum Gasteiger partial charge on any atom is -0.337 e. The van der Waals surface area contributed by atoms with Crippen molar-refractivity contribution in [3.05, 3.63) is 74.1 Å². The zero-order valence-corrected chi connectivity index (χ0v) is 17.5. The number of benzene rings is 1. The second-order valence-corrected chi connectivity index (χ2v) is 7.91. The molecule has 10 heteroatoms. The fourth-order valence-electron chi connectivity index (χ4n) is 4.22. The molecular formula is C22H21F3N4O3. The molecule has 7 nitrogen and oxygen atoms in total. The fourth-order valence-corrected chi connectivity index (χ4v) is 4.22. The molecule has 1 aromatic carbocycles. The van der Waals surface area contributed by atoms with Crippen LogP contribution in [0.3, 0.4) is 0 Å². The largest absolute Gasteiger partial charge is 0.433 e. The normalized spacial score (nSPS) is 16.1. The van der Waals surface area contributed by atoms with Crippen molar-refractivity contribution in [2.24, 2.45) is 7.05 Å². The predicted octanol–water partition coefficient (Wildman–Crippen LogP) is 2.65. The lowest BCUT2D eigenvalue weighted by atomic mass is 9.87. The number of hydrogen-bond acceptors (Lipinski definition) is 4. The molecule has 0 bridgehead atoms. The van der Waals surface area contributed by atoms with E-state index in [0.717, 1.165) is 45.6 Å². The van der Waals surface area contributed by atoms with Crippen LogP contribution in [0.15, 0.2) is 46.0 Å². The van der Waals surface area contributed by atoms with Gasteiger partial charge in [-0.3, -0.25) is 18.7 Å². The number of amides is 1. The van der Waals surface area contributed by atoms with Crippen molar-refractivity contribution in [1.82, 2.24) is 19.0 Å². The van der Waals surface area contributed by atoms with Crippen LogP contribution >= 0.6 is 0 Å². The van der Waals surface area contributed by atoms with Crippen LogP contribution in [0.25, 0.3) is 11.0 Å². The molecule has 3 aromatic rings. The SMILES string of the molecule is CN(C(=O)Cn1c(=O)c2ccc(C(F)(F)F)nc2n(C)c1=O)C1CCCc2ccccc21. The Morgan fingerprint density at radius 3 is 2.62 bits per heavy atom. The quantitative estimate of drug-likeness (QED) is 0.620. The van der Waals surface area contributed by atoms with E-state index in [9.17, 15) is 27.6 Å². The maximum atomic E-state index is 13.0. The fraction of sp³-hybridized carbons (Fsp3) is 0.364. The van der Waals surface area contributed by atoms with Gasteiger partial charge in [0.05, 0.1) is 11.4 Å². The second-order valence-electron chi connectivity index (χ2n) is 7.91. The van der Waals surface area contributed by atoms with E-state index < -0.39 is 35.6 Å². The van der Waals surface area contributed by atoms with E-state index in [4.69, 9.17) is 0 Å². The van der Waals surface area contributed by atoms with Gasteiger partial charge in [0.15, 0.2) is 0 Å². The highest BCUT2D eigenvalue weighted by molar-refractivity contribution is 5.78. The number of fused-ring (bicyclic) bond motifs is 2. The van der Waals surface area contributed by atoms with Crippen LogP contribution in [-0.2, 0) is 31.0 Å². The molecule has 168 valence electrons. The van der Waals surface area contributed by atoms with Gasteiger partial charge in [-0.25, -0.2) is 9.78 Å². The van der Waals surface area contributed by atoms with Crippen molar-refractivity contribution in [3.63, 3.8) is 0 Å². The summed E-state index contributed by atoms with van der Waals surface area (Å²) in [4.78, 5) is 43.6. The summed E-state index contributed by atoms with van der Waals surface area (Å²) in [6, 6.07) is 9.32. The van der Waals surface area contributed by atoms with Gasteiger partial charge in [-0.15, -0.1) is 0 Å². The minimum absolute atomic E-state index is 0.168. The summed E-state index contributed by atoms with van der Waals surface area (Å²) in [7, 11) is 2.85. The van der Waals surface area contributed by atoms with Crippen molar-refractivity contribution >= 4 is 16.9 Å². The molecule has 0 N–H and O–H groups in total. The van der Waals surface area contributed by atoms with Crippen molar-refractivity contribution < 1.29 is 18.0 Å². The molecule has 2 aromatic heterocycles. The van der Waals surface area contributed by atoms with Crippen LogP contribution in [0.5, 0.6) is 0 Å². The number of rotatable bonds is 3. The molecule has 0 saturated heterocycles. The monoisotopic (exact) mass is 446 g/mol. The van der Waals surface area contributed by atoms with Crippen LogP contribution in [0.4, 0.5) is 13.2 Å². The van der Waals surface area contributed by atoms with E-state index in [1.54, 1.807) is 7.05 Å². The zero-order chi connectivity index (χ0) is 23.2. The predicted molar refractivity (Wildman–Crippen MR) is 111 cm³/mol. The lowest BCUT2D eigenvalue weighted by molar-refractivity contribution is -0.141. The van der Waals surface area contributed by atoms with Gasteiger partial charge in [0.2, 0.25) is 5.91 Å². The Labute approximate surface area is 180 Å². The van der Waals surface area contributed by atoms with Gasteiger partial charge in [0.25, 0.3) is 5.56 Å². The number of nitrogens with zero attached hydrogens (tertiary/aromatic N) is 4. The van der Waals surface area contributed by atoms with Gasteiger partial charge in [0.1, 0.15) is 17.9 Å². The maximum Gasteiger partial charge on any atom is 0.433 e. The topological polar surface area (TPSA) is 77.2 Å². The Morgan fingerprint density at radius 1 is 1.19 bits per heavy atom. The van der Waals surface area contributed by atoms with E-state index in [2.05, 4.69) is 4.98 Å². The molecule has 0 saturated carbocycles. The van der Waals surface area contributed by atoms with Crippen LogP contribution < -0.4 is 11.2 Å². The highest BCUT2D eigenvalue weighted by Gasteiger charge is 2.33. The molecule has 0 fully saturated rings. The first-order valence-corrected chi connectivity index (χ1v) is 10.1. The van der Waals surface area contributed by atoms with Gasteiger partial charge in [-0.1, -0.05) is 24.3 Å². The molecule has 1 atom stereocenters. The summed E-state index contributed by atoms with van der Waals surface area (Å²) in [6.45, 7) is -0.516. The number of pyridine rings is 1. The van der Waals surface area contributed by atoms with Crippen LogP contribution in [0.2, 0.25) is 0 Å². The summed E-state index contributed by atoms with van der Waals surface area (Å²) < 4.78 is 40.6. The summed E-state index contributed by atoms with van der Waals surface area (Å²) in [5.74, 6) is -0.440. The molecule has 0 spiro atoms. The number of halogens is 3. The van der Waals surface area contributed by atoms with Crippen molar-refractivity contribution in [2.45, 2.75) is 38.0 Å². The molecule has 1 unspecified atom stereocenters. The third-order valence-corrected chi connectivity index (χ3v) is 5.97. The first-order chi connectivity index (χ1) is 15.1. The number of aromatic nitrogens is 3. The third-order valence-electron chi connectivity index (χ3n) is 5.97. The lowest BCUT2D eigenvalue weighted by Gasteiger charge is -2.33. The zero-order valence-electron chi connectivity index (χ0n) is 17.5. The number of aryl methyl sites for hydroxylation is 2. The van der Waals surface area contributed by atoms with E-state index in [-0.39, 0.29) is 17.1 Å². The Kier molecular flexibility index (Phi) is 5.39. The summed E-state index contributed by atoms with van der Waals surface area (Å²) in [5.41, 5.74) is -1.14. The number of hydrogen-bond donors (Lipinski definition) is 0.